The van der Waals surface area contributed by atoms with Crippen molar-refractivity contribution >= 4 is 130 Å². The zero-order valence-corrected chi connectivity index (χ0v) is 75.3. The summed E-state index contributed by atoms with van der Waals surface area (Å²) in [7, 11) is -15.6. The molecule has 26 nitrogen and oxygen atoms in total. The van der Waals surface area contributed by atoms with E-state index in [1.165, 1.54) is 16.8 Å². The quantitative estimate of drug-likeness (QED) is 0.0523. The molecule has 8 heterocycles. The van der Waals surface area contributed by atoms with E-state index in [0.29, 0.717) is 96.2 Å². The van der Waals surface area contributed by atoms with Crippen molar-refractivity contribution in [3.63, 3.8) is 0 Å². The second-order valence-corrected chi connectivity index (χ2v) is 41.0. The fourth-order valence-electron chi connectivity index (χ4n) is 13.7. The number of nitrogens with zero attached hydrogens (tertiary/aromatic N) is 12. The molecule has 0 radical (unpaired) electrons. The summed E-state index contributed by atoms with van der Waals surface area (Å²) in [4.78, 5) is 17.3. The van der Waals surface area contributed by atoms with E-state index in [9.17, 15) is 38.1 Å². The van der Waals surface area contributed by atoms with Gasteiger partial charge in [0, 0.05) is 69.8 Å². The number of hydrogen-bond acceptors (Lipinski definition) is 18. The number of nitrogens with two attached hydrogens (primary N) is 2. The highest BCUT2D eigenvalue weighted by Crippen LogP contribution is 2.37. The van der Waals surface area contributed by atoms with Crippen molar-refractivity contribution in [2.45, 2.75) is 152 Å². The smallest absolute Gasteiger partial charge is 0.265 e. The third kappa shape index (κ3) is 19.7. The average molecular weight is 1760 g/mol. The van der Waals surface area contributed by atoms with Crippen LogP contribution in [0.25, 0.3) is 66.2 Å². The van der Waals surface area contributed by atoms with Gasteiger partial charge in [-0.1, -0.05) is 161 Å². The Labute approximate surface area is 726 Å². The molecular weight excluding hydrogens is 1670 g/mol. The van der Waals surface area contributed by atoms with E-state index < -0.39 is 50.8 Å². The fourth-order valence-corrected chi connectivity index (χ4v) is 18.1. The Hall–Kier alpha value is -12.9. The number of nitrogen functional groups attached to an aromatic ring is 2. The van der Waals surface area contributed by atoms with Crippen molar-refractivity contribution in [2.24, 2.45) is 0 Å². The Balaban J connectivity index is 0.000000142. The predicted molar refractivity (Wildman–Crippen MR) is 492 cm³/mol. The maximum Gasteiger partial charge on any atom is 0.265 e. The number of sulfonamides is 4. The van der Waals surface area contributed by atoms with Crippen molar-refractivity contribution in [1.29, 1.82) is 0 Å². The molecule has 0 unspecified atom stereocenters. The minimum atomic E-state index is -4.18. The van der Waals surface area contributed by atoms with Gasteiger partial charge in [-0.25, -0.2) is 66.8 Å². The monoisotopic (exact) mass is 1760 g/mol. The lowest BCUT2D eigenvalue weighted by molar-refractivity contribution is 0.550. The summed E-state index contributed by atoms with van der Waals surface area (Å²) in [6.45, 7) is 31.8. The fraction of sp³-hybridized carbons (Fsp3) is 0.217. The van der Waals surface area contributed by atoms with Crippen LogP contribution in [-0.2, 0) is 61.8 Å². The summed E-state index contributed by atoms with van der Waals surface area (Å²) in [5.74, 6) is 1.28. The van der Waals surface area contributed by atoms with E-state index in [1.807, 2.05) is 157 Å². The van der Waals surface area contributed by atoms with Gasteiger partial charge in [-0.15, -0.1) is 0 Å². The van der Waals surface area contributed by atoms with E-state index in [-0.39, 0.29) is 42.2 Å². The summed E-state index contributed by atoms with van der Waals surface area (Å²) in [5, 5.41) is 22.5. The van der Waals surface area contributed by atoms with Gasteiger partial charge in [0.2, 0.25) is 0 Å². The van der Waals surface area contributed by atoms with Crippen molar-refractivity contribution in [1.82, 2.24) is 59.1 Å². The predicted octanol–water partition coefficient (Wildman–Crippen LogP) is 19.3. The normalized spacial score (nSPS) is 12.3. The largest absolute Gasteiger partial charge is 0.384 e. The molecule has 0 saturated carbocycles. The van der Waals surface area contributed by atoms with Crippen LogP contribution < -0.4 is 30.4 Å². The van der Waals surface area contributed by atoms with Gasteiger partial charge in [-0.3, -0.25) is 28.9 Å². The summed E-state index contributed by atoms with van der Waals surface area (Å²) in [6, 6.07) is 64.7. The maximum atomic E-state index is 14.8. The van der Waals surface area contributed by atoms with Crippen LogP contribution in [0.1, 0.15) is 128 Å². The highest BCUT2D eigenvalue weighted by Gasteiger charge is 2.29. The zero-order valence-electron chi connectivity index (χ0n) is 71.3. The minimum absolute atomic E-state index is 0.0583. The molecule has 16 rings (SSSR count). The molecule has 8 aromatic carbocycles. The SMILES string of the molecule is Cc1cc(NS(=O)(=O)c2ccc(C(C)(C)C)cc2)n(-c2ccc(Cl)c3ncccc23)n1.Cc1cc(NS(=O)(=O)c2ccc(C(C)(C)C)cc2)n(-c2cccc3c(N)nccc23)n1.Cc1cc(NS(=O)(=O)c2ccc(C(C)(C)C)cc2)n(-c2cccc3nc(N)ccc23)n1.Cc1cc(NS(=O)(=O)c2ccc(C(C)(C)C)cc2F)n(-c2cccc3ncccc23)n1. The van der Waals surface area contributed by atoms with Gasteiger partial charge in [-0.05, 0) is 205 Å². The highest BCUT2D eigenvalue weighted by molar-refractivity contribution is 7.93. The zero-order chi connectivity index (χ0) is 89.6. The number of benzene rings is 8. The lowest BCUT2D eigenvalue weighted by Crippen LogP contribution is -2.18. The second-order valence-electron chi connectivity index (χ2n) is 33.9. The van der Waals surface area contributed by atoms with Gasteiger partial charge >= 0.3 is 0 Å². The summed E-state index contributed by atoms with van der Waals surface area (Å²) < 4.78 is 136. The number of pyridine rings is 4. The Morgan fingerprint density at radius 1 is 0.339 bits per heavy atom. The van der Waals surface area contributed by atoms with Gasteiger partial charge < -0.3 is 11.5 Å². The molecule has 124 heavy (non-hydrogen) atoms. The van der Waals surface area contributed by atoms with Crippen LogP contribution in [0.15, 0.2) is 263 Å². The number of hydrogen-bond donors (Lipinski definition) is 6. The number of nitrogens with one attached hydrogen (secondary N) is 4. The molecule has 0 aliphatic rings. The Bertz CT molecular complexity index is 7040. The molecule has 0 atom stereocenters. The van der Waals surface area contributed by atoms with Crippen molar-refractivity contribution in [3.8, 4) is 22.7 Å². The molecule has 0 bridgehead atoms. The number of fused-ring (bicyclic) bond motifs is 4. The van der Waals surface area contributed by atoms with Crippen LogP contribution in [0, 0.1) is 33.5 Å². The average Bonchev–Trinajstić information content (AvgIpc) is 1.59. The first-order chi connectivity index (χ1) is 58.2. The molecule has 8 aromatic heterocycles. The van der Waals surface area contributed by atoms with E-state index in [2.05, 4.69) is 122 Å². The van der Waals surface area contributed by atoms with Crippen molar-refractivity contribution in [2.75, 3.05) is 30.4 Å². The molecule has 0 saturated heterocycles. The van der Waals surface area contributed by atoms with Gasteiger partial charge in [0.1, 0.15) is 45.6 Å². The highest BCUT2D eigenvalue weighted by atomic mass is 35.5. The van der Waals surface area contributed by atoms with Crippen LogP contribution in [0.3, 0.4) is 0 Å². The van der Waals surface area contributed by atoms with Crippen LogP contribution in [-0.4, -0.2) is 92.7 Å². The van der Waals surface area contributed by atoms with Crippen molar-refractivity contribution < 1.29 is 38.1 Å². The molecule has 32 heteroatoms. The molecule has 0 fully saturated rings. The molecule has 16 aromatic rings. The minimum Gasteiger partial charge on any atom is -0.384 e. The molecule has 640 valence electrons. The molecule has 0 aliphatic carbocycles. The Morgan fingerprint density at radius 2 is 0.702 bits per heavy atom. The van der Waals surface area contributed by atoms with E-state index in [1.54, 1.807) is 137 Å². The number of rotatable bonds is 16. The van der Waals surface area contributed by atoms with Gasteiger partial charge in [-0.2, -0.15) is 20.4 Å². The third-order valence-electron chi connectivity index (χ3n) is 20.2. The Kier molecular flexibility index (Phi) is 24.6. The van der Waals surface area contributed by atoms with Gasteiger partial charge in [0.25, 0.3) is 40.1 Å². The van der Waals surface area contributed by atoms with Crippen LogP contribution in [0.4, 0.5) is 39.3 Å². The molecule has 0 spiro atoms. The van der Waals surface area contributed by atoms with E-state index in [0.717, 1.165) is 49.1 Å². The lowest BCUT2D eigenvalue weighted by Gasteiger charge is -2.20. The number of halogens is 2. The first-order valence-corrected chi connectivity index (χ1v) is 45.7. The Morgan fingerprint density at radius 3 is 1.13 bits per heavy atom. The van der Waals surface area contributed by atoms with Gasteiger partial charge in [0.05, 0.1) is 81.8 Å². The summed E-state index contributed by atoms with van der Waals surface area (Å²) in [6.07, 6.45) is 4.98. The summed E-state index contributed by atoms with van der Waals surface area (Å²) in [5.41, 5.74) is 22.8. The number of aromatic nitrogens is 12. The lowest BCUT2D eigenvalue weighted by atomic mass is 9.87. The van der Waals surface area contributed by atoms with E-state index >= 15 is 0 Å². The first kappa shape index (κ1) is 88.8. The first-order valence-electron chi connectivity index (χ1n) is 39.4. The number of aryl methyl sites for hydroxylation is 4. The third-order valence-corrected chi connectivity index (χ3v) is 26.0. The van der Waals surface area contributed by atoms with Gasteiger partial charge in [0.15, 0.2) is 0 Å². The molecule has 0 aliphatic heterocycles. The number of anilines is 6. The second kappa shape index (κ2) is 34.4. The standard InChI is InChI=1S/C23H23ClN4O2S.C23H23FN4O2S.2C23H25N5O2S/c1-15-14-21(27-31(29,30)17-9-7-16(8-10-17)23(2,3)4)28(26-15)20-12-11-19(24)22-18(20)6-5-13-25-22;1-15-13-22(28(26-15)20-9-5-8-19-17(20)7-6-12-25-19)27-31(29,30)21-11-10-16(14-18(21)24)23(2,3)4;1-15-14-21(27-31(29,30)17-10-8-16(9-11-17)23(2,3)4)28(26-15)20-7-5-6-19-18(20)12-13-25-22(19)24;1-15-14-22(27-31(29,30)17-10-8-16(9-11-17)23(2,3)4)28(26-15)20-7-5-6-19-18(20)12-13-21(24)25-19/h2*5-14,27H,1-4H3;2*5-14,27H,1-4H3,(H2,24,25). The topological polar surface area (TPSA) is 360 Å². The van der Waals surface area contributed by atoms with Crippen LogP contribution >= 0.6 is 11.6 Å². The summed E-state index contributed by atoms with van der Waals surface area (Å²) >= 11 is 6.29. The molecular formula is C92H96ClFN18O8S4. The van der Waals surface area contributed by atoms with Crippen LogP contribution in [0.2, 0.25) is 5.02 Å². The van der Waals surface area contributed by atoms with E-state index in [4.69, 9.17) is 23.1 Å². The maximum absolute atomic E-state index is 14.8. The molecule has 0 amide bonds. The molecule has 8 N–H and O–H groups in total. The van der Waals surface area contributed by atoms with Crippen molar-refractivity contribution in [3.05, 3.63) is 299 Å². The van der Waals surface area contributed by atoms with Crippen LogP contribution in [0.5, 0.6) is 0 Å².